The quantitative estimate of drug-likeness (QED) is 0.676. The number of amides is 1. The van der Waals surface area contributed by atoms with Crippen molar-refractivity contribution in [1.82, 2.24) is 9.21 Å². The van der Waals surface area contributed by atoms with Gasteiger partial charge in [0.1, 0.15) is 5.75 Å². The van der Waals surface area contributed by atoms with E-state index in [9.17, 15) is 13.2 Å². The molecule has 2 aromatic rings. The minimum absolute atomic E-state index is 0.147. The summed E-state index contributed by atoms with van der Waals surface area (Å²) in [4.78, 5) is 14.4. The van der Waals surface area contributed by atoms with E-state index in [1.807, 2.05) is 45.0 Å². The first-order chi connectivity index (χ1) is 13.2. The summed E-state index contributed by atoms with van der Waals surface area (Å²) in [7, 11) is -0.298. The van der Waals surface area contributed by atoms with Crippen LogP contribution >= 0.6 is 0 Å². The monoisotopic (exact) mass is 404 g/mol. The van der Waals surface area contributed by atoms with Gasteiger partial charge in [-0.15, -0.1) is 0 Å². The zero-order valence-electron chi connectivity index (χ0n) is 17.0. The standard InChI is InChI=1S/C21H28N2O4S/c1-6-27-19-11-7-17(8-12-19)15-22(4)21(24)18-9-13-20(14-10-18)28(25,26)23(5)16(2)3/h7-14,16H,6,15H2,1-5H3. The molecule has 0 saturated carbocycles. The minimum atomic E-state index is -3.56. The fraction of sp³-hybridized carbons (Fsp3) is 0.381. The third-order valence-corrected chi connectivity index (χ3v) is 6.55. The van der Waals surface area contributed by atoms with E-state index in [1.165, 1.54) is 16.4 Å². The fourth-order valence-electron chi connectivity index (χ4n) is 2.64. The van der Waals surface area contributed by atoms with Crippen LogP contribution in [0.15, 0.2) is 53.4 Å². The van der Waals surface area contributed by atoms with Crippen molar-refractivity contribution in [2.75, 3.05) is 20.7 Å². The molecule has 0 spiro atoms. The maximum Gasteiger partial charge on any atom is 0.253 e. The van der Waals surface area contributed by atoms with E-state index in [0.717, 1.165) is 11.3 Å². The van der Waals surface area contributed by atoms with Gasteiger partial charge in [-0.2, -0.15) is 4.31 Å². The van der Waals surface area contributed by atoms with Crippen molar-refractivity contribution in [2.24, 2.45) is 0 Å². The Bertz CT molecular complexity index is 891. The van der Waals surface area contributed by atoms with Crippen LogP contribution in [0, 0.1) is 0 Å². The Kier molecular flexibility index (Phi) is 7.21. The van der Waals surface area contributed by atoms with Gasteiger partial charge in [-0.05, 0) is 62.7 Å². The molecular formula is C21H28N2O4S. The van der Waals surface area contributed by atoms with Gasteiger partial charge in [0.2, 0.25) is 10.0 Å². The molecule has 2 rings (SSSR count). The molecule has 7 heteroatoms. The Hall–Kier alpha value is -2.38. The fourth-order valence-corrected chi connectivity index (χ4v) is 4.00. The molecular weight excluding hydrogens is 376 g/mol. The third-order valence-electron chi connectivity index (χ3n) is 4.51. The zero-order chi connectivity index (χ0) is 20.9. The number of rotatable bonds is 8. The number of carbonyl (C=O) groups excluding carboxylic acids is 1. The molecule has 1 amide bonds. The third kappa shape index (κ3) is 5.11. The molecule has 2 aromatic carbocycles. The number of sulfonamides is 1. The SMILES string of the molecule is CCOc1ccc(CN(C)C(=O)c2ccc(S(=O)(=O)N(C)C(C)C)cc2)cc1. The summed E-state index contributed by atoms with van der Waals surface area (Å²) >= 11 is 0. The minimum Gasteiger partial charge on any atom is -0.494 e. The number of ether oxygens (including phenoxy) is 1. The van der Waals surface area contributed by atoms with Crippen LogP contribution in [0.25, 0.3) is 0 Å². The maximum absolute atomic E-state index is 12.7. The predicted molar refractivity (Wildman–Crippen MR) is 110 cm³/mol. The van der Waals surface area contributed by atoms with Gasteiger partial charge >= 0.3 is 0 Å². The average molecular weight is 405 g/mol. The van der Waals surface area contributed by atoms with Crippen LogP contribution in [0.4, 0.5) is 0 Å². The molecule has 0 aliphatic heterocycles. The second-order valence-corrected chi connectivity index (χ2v) is 8.88. The molecule has 152 valence electrons. The summed E-state index contributed by atoms with van der Waals surface area (Å²) < 4.78 is 31.8. The number of benzene rings is 2. The Morgan fingerprint density at radius 1 is 1.00 bits per heavy atom. The van der Waals surface area contributed by atoms with Crippen molar-refractivity contribution in [3.05, 3.63) is 59.7 Å². The second-order valence-electron chi connectivity index (χ2n) is 6.88. The first-order valence-corrected chi connectivity index (χ1v) is 10.7. The smallest absolute Gasteiger partial charge is 0.253 e. The number of hydrogen-bond acceptors (Lipinski definition) is 4. The van der Waals surface area contributed by atoms with Gasteiger partial charge in [0, 0.05) is 32.2 Å². The molecule has 0 atom stereocenters. The maximum atomic E-state index is 12.7. The van der Waals surface area contributed by atoms with Crippen molar-refractivity contribution in [3.63, 3.8) is 0 Å². The van der Waals surface area contributed by atoms with Crippen molar-refractivity contribution in [3.8, 4) is 5.75 Å². The normalized spacial score (nSPS) is 11.7. The summed E-state index contributed by atoms with van der Waals surface area (Å²) in [5.74, 6) is 0.624. The molecule has 0 heterocycles. The highest BCUT2D eigenvalue weighted by Gasteiger charge is 2.23. The number of nitrogens with zero attached hydrogens (tertiary/aromatic N) is 2. The van der Waals surface area contributed by atoms with Gasteiger partial charge in [-0.1, -0.05) is 12.1 Å². The van der Waals surface area contributed by atoms with Crippen molar-refractivity contribution in [2.45, 2.75) is 38.3 Å². The Balaban J connectivity index is 2.09. The van der Waals surface area contributed by atoms with E-state index in [0.29, 0.717) is 18.7 Å². The van der Waals surface area contributed by atoms with Crippen LogP contribution < -0.4 is 4.74 Å². The Morgan fingerprint density at radius 2 is 1.57 bits per heavy atom. The first kappa shape index (κ1) is 21.9. The summed E-state index contributed by atoms with van der Waals surface area (Å²) in [6.07, 6.45) is 0. The lowest BCUT2D eigenvalue weighted by atomic mass is 10.1. The van der Waals surface area contributed by atoms with Crippen molar-refractivity contribution in [1.29, 1.82) is 0 Å². The van der Waals surface area contributed by atoms with E-state index in [4.69, 9.17) is 4.74 Å². The molecule has 6 nitrogen and oxygen atoms in total. The van der Waals surface area contributed by atoms with Gasteiger partial charge in [0.25, 0.3) is 5.91 Å². The van der Waals surface area contributed by atoms with Crippen LogP contribution in [0.3, 0.4) is 0 Å². The highest BCUT2D eigenvalue weighted by Crippen LogP contribution is 2.19. The van der Waals surface area contributed by atoms with E-state index in [-0.39, 0.29) is 16.8 Å². The van der Waals surface area contributed by atoms with Gasteiger partial charge in [0.05, 0.1) is 11.5 Å². The van der Waals surface area contributed by atoms with Gasteiger partial charge in [-0.3, -0.25) is 4.79 Å². The van der Waals surface area contributed by atoms with Crippen molar-refractivity contribution >= 4 is 15.9 Å². The lowest BCUT2D eigenvalue weighted by Gasteiger charge is -2.21. The van der Waals surface area contributed by atoms with E-state index in [1.54, 1.807) is 31.1 Å². The number of carbonyl (C=O) groups is 1. The number of hydrogen-bond donors (Lipinski definition) is 0. The average Bonchev–Trinajstić information content (AvgIpc) is 2.68. The molecule has 0 aliphatic rings. The van der Waals surface area contributed by atoms with Crippen LogP contribution in [0.2, 0.25) is 0 Å². The molecule has 0 aromatic heterocycles. The highest BCUT2D eigenvalue weighted by molar-refractivity contribution is 7.89. The summed E-state index contributed by atoms with van der Waals surface area (Å²) in [6, 6.07) is 13.5. The zero-order valence-corrected chi connectivity index (χ0v) is 17.9. The molecule has 0 aliphatic carbocycles. The van der Waals surface area contributed by atoms with Gasteiger partial charge < -0.3 is 9.64 Å². The lowest BCUT2D eigenvalue weighted by Crippen LogP contribution is -2.33. The predicted octanol–water partition coefficient (Wildman–Crippen LogP) is 3.39. The Labute approximate surface area is 167 Å². The largest absolute Gasteiger partial charge is 0.494 e. The molecule has 0 bridgehead atoms. The van der Waals surface area contributed by atoms with Crippen molar-refractivity contribution < 1.29 is 17.9 Å². The summed E-state index contributed by atoms with van der Waals surface area (Å²) in [5.41, 5.74) is 1.43. The highest BCUT2D eigenvalue weighted by atomic mass is 32.2. The topological polar surface area (TPSA) is 66.9 Å². The summed E-state index contributed by atoms with van der Waals surface area (Å²) in [5, 5.41) is 0. The van der Waals surface area contributed by atoms with Gasteiger partial charge in [-0.25, -0.2) is 8.42 Å². The molecule has 0 fully saturated rings. The molecule has 28 heavy (non-hydrogen) atoms. The van der Waals surface area contributed by atoms with Crippen LogP contribution in [0.5, 0.6) is 5.75 Å². The van der Waals surface area contributed by atoms with Crippen LogP contribution in [-0.2, 0) is 16.6 Å². The molecule has 0 radical (unpaired) electrons. The van der Waals surface area contributed by atoms with E-state index in [2.05, 4.69) is 0 Å². The van der Waals surface area contributed by atoms with E-state index >= 15 is 0 Å². The van der Waals surface area contributed by atoms with Crippen LogP contribution in [0.1, 0.15) is 36.7 Å². The lowest BCUT2D eigenvalue weighted by molar-refractivity contribution is 0.0785. The van der Waals surface area contributed by atoms with Gasteiger partial charge in [0.15, 0.2) is 0 Å². The Morgan fingerprint density at radius 3 is 2.07 bits per heavy atom. The molecule has 0 saturated heterocycles. The summed E-state index contributed by atoms with van der Waals surface area (Å²) in [6.45, 7) is 6.60. The van der Waals surface area contributed by atoms with Crippen LogP contribution in [-0.4, -0.2) is 50.3 Å². The second kappa shape index (κ2) is 9.21. The first-order valence-electron chi connectivity index (χ1n) is 9.22. The molecule has 0 unspecified atom stereocenters. The van der Waals surface area contributed by atoms with E-state index < -0.39 is 10.0 Å². The molecule has 0 N–H and O–H groups in total.